The smallest absolute Gasteiger partial charge is 0.161 e. The number of hydrogen-bond donors (Lipinski definition) is 2. The quantitative estimate of drug-likeness (QED) is 0.809. The number of methoxy groups -OCH3 is 2. The Balaban J connectivity index is 1.86. The molecule has 2 rings (SSSR count). The Morgan fingerprint density at radius 2 is 1.91 bits per heavy atom. The molecule has 0 saturated carbocycles. The third-order valence-electron chi connectivity index (χ3n) is 4.14. The molecule has 124 valence electrons. The summed E-state index contributed by atoms with van der Waals surface area (Å²) in [6.07, 6.45) is 5.63. The molecule has 0 radical (unpaired) electrons. The maximum atomic E-state index is 6.05. The summed E-state index contributed by atoms with van der Waals surface area (Å²) in [4.78, 5) is 0. The van der Waals surface area contributed by atoms with E-state index in [2.05, 4.69) is 5.32 Å². The Kier molecular flexibility index (Phi) is 6.96. The first-order valence-corrected chi connectivity index (χ1v) is 8.03. The molecular weight excluding hydrogens is 280 g/mol. The zero-order chi connectivity index (χ0) is 15.8. The van der Waals surface area contributed by atoms with Gasteiger partial charge in [-0.05, 0) is 31.4 Å². The maximum Gasteiger partial charge on any atom is 0.161 e. The number of nitrogens with two attached hydrogens (primary N) is 1. The zero-order valence-corrected chi connectivity index (χ0v) is 13.6. The summed E-state index contributed by atoms with van der Waals surface area (Å²) in [5, 5.41) is 3.48. The van der Waals surface area contributed by atoms with Crippen molar-refractivity contribution in [3.63, 3.8) is 0 Å². The Hall–Kier alpha value is -1.30. The van der Waals surface area contributed by atoms with Crippen LogP contribution in [-0.4, -0.2) is 39.1 Å². The third kappa shape index (κ3) is 5.16. The van der Waals surface area contributed by atoms with E-state index in [-0.39, 0.29) is 12.3 Å². The first-order chi connectivity index (χ1) is 10.7. The molecular formula is C17H28N2O3. The fourth-order valence-corrected chi connectivity index (χ4v) is 2.88. The van der Waals surface area contributed by atoms with Crippen molar-refractivity contribution in [2.24, 2.45) is 5.73 Å². The van der Waals surface area contributed by atoms with Crippen LogP contribution in [0.25, 0.3) is 0 Å². The van der Waals surface area contributed by atoms with Gasteiger partial charge in [-0.2, -0.15) is 0 Å². The molecule has 0 spiro atoms. The molecule has 3 N–H and O–H groups in total. The molecule has 1 aromatic rings. The molecule has 0 aliphatic carbocycles. The van der Waals surface area contributed by atoms with Crippen LogP contribution in [0.5, 0.6) is 11.5 Å². The molecule has 1 aromatic carbocycles. The molecule has 0 amide bonds. The molecule has 0 bridgehead atoms. The second kappa shape index (κ2) is 8.98. The summed E-state index contributed by atoms with van der Waals surface area (Å²) in [6, 6.07) is 8.06. The number of para-hydroxylation sites is 2. The molecule has 22 heavy (non-hydrogen) atoms. The number of rotatable bonds is 7. The van der Waals surface area contributed by atoms with Gasteiger partial charge in [0.2, 0.25) is 0 Å². The molecule has 3 unspecified atom stereocenters. The molecule has 5 nitrogen and oxygen atoms in total. The summed E-state index contributed by atoms with van der Waals surface area (Å²) in [6.45, 7) is 0.504. The average molecular weight is 308 g/mol. The second-order valence-electron chi connectivity index (χ2n) is 5.81. The lowest BCUT2D eigenvalue weighted by molar-refractivity contribution is 0.0424. The van der Waals surface area contributed by atoms with E-state index in [0.717, 1.165) is 30.8 Å². The number of benzene rings is 1. The summed E-state index contributed by atoms with van der Waals surface area (Å²) in [5.41, 5.74) is 6.05. The largest absolute Gasteiger partial charge is 0.493 e. The highest BCUT2D eigenvalue weighted by atomic mass is 16.5. The van der Waals surface area contributed by atoms with Crippen molar-refractivity contribution in [2.45, 2.75) is 50.4 Å². The topological polar surface area (TPSA) is 65.7 Å². The summed E-state index contributed by atoms with van der Waals surface area (Å²) in [5.74, 6) is 1.49. The number of hydrogen-bond acceptors (Lipinski definition) is 5. The van der Waals surface area contributed by atoms with E-state index in [0.29, 0.717) is 12.6 Å². The van der Waals surface area contributed by atoms with E-state index in [9.17, 15) is 0 Å². The predicted molar refractivity (Wildman–Crippen MR) is 87.3 cm³/mol. The van der Waals surface area contributed by atoms with E-state index in [4.69, 9.17) is 19.9 Å². The van der Waals surface area contributed by atoms with Crippen molar-refractivity contribution in [3.8, 4) is 11.5 Å². The SMILES string of the molecule is COc1ccccc1OCC(CC1CCCCC(N)N1)OC. The van der Waals surface area contributed by atoms with Crippen LogP contribution in [0.4, 0.5) is 0 Å². The molecule has 0 aromatic heterocycles. The van der Waals surface area contributed by atoms with Crippen LogP contribution in [0.1, 0.15) is 32.1 Å². The average Bonchev–Trinajstić information content (AvgIpc) is 2.75. The highest BCUT2D eigenvalue weighted by Gasteiger charge is 2.21. The van der Waals surface area contributed by atoms with Crippen molar-refractivity contribution in [2.75, 3.05) is 20.8 Å². The van der Waals surface area contributed by atoms with Crippen LogP contribution in [0, 0.1) is 0 Å². The fraction of sp³-hybridized carbons (Fsp3) is 0.647. The van der Waals surface area contributed by atoms with Crippen LogP contribution >= 0.6 is 0 Å². The lowest BCUT2D eigenvalue weighted by atomic mass is 10.0. The minimum absolute atomic E-state index is 0.0349. The Morgan fingerprint density at radius 1 is 1.18 bits per heavy atom. The molecule has 1 aliphatic heterocycles. The zero-order valence-electron chi connectivity index (χ0n) is 13.6. The van der Waals surface area contributed by atoms with Crippen molar-refractivity contribution >= 4 is 0 Å². The minimum atomic E-state index is 0.0349. The van der Waals surface area contributed by atoms with Gasteiger partial charge in [-0.3, -0.25) is 5.32 Å². The van der Waals surface area contributed by atoms with Gasteiger partial charge in [0.05, 0.1) is 19.4 Å². The Bertz CT molecular complexity index is 442. The molecule has 5 heteroatoms. The molecule has 1 saturated heterocycles. The first kappa shape index (κ1) is 17.1. The van der Waals surface area contributed by atoms with Crippen molar-refractivity contribution in [3.05, 3.63) is 24.3 Å². The van der Waals surface area contributed by atoms with Crippen LogP contribution < -0.4 is 20.5 Å². The van der Waals surface area contributed by atoms with Gasteiger partial charge >= 0.3 is 0 Å². The molecule has 1 aliphatic rings. The fourth-order valence-electron chi connectivity index (χ4n) is 2.88. The summed E-state index contributed by atoms with van der Waals surface area (Å²) >= 11 is 0. The van der Waals surface area contributed by atoms with Crippen LogP contribution in [0.3, 0.4) is 0 Å². The van der Waals surface area contributed by atoms with Crippen molar-refractivity contribution in [1.82, 2.24) is 5.32 Å². The summed E-state index contributed by atoms with van der Waals surface area (Å²) < 4.78 is 16.7. The lowest BCUT2D eigenvalue weighted by Crippen LogP contribution is -2.44. The van der Waals surface area contributed by atoms with Gasteiger partial charge in [0, 0.05) is 13.2 Å². The first-order valence-electron chi connectivity index (χ1n) is 8.03. The minimum Gasteiger partial charge on any atom is -0.493 e. The Labute approximate surface area is 133 Å². The van der Waals surface area contributed by atoms with Gasteiger partial charge < -0.3 is 19.9 Å². The molecule has 1 heterocycles. The van der Waals surface area contributed by atoms with Gasteiger partial charge in [0.1, 0.15) is 6.61 Å². The van der Waals surface area contributed by atoms with E-state index >= 15 is 0 Å². The number of nitrogens with one attached hydrogen (secondary N) is 1. The van der Waals surface area contributed by atoms with Crippen LogP contribution in [0.2, 0.25) is 0 Å². The van der Waals surface area contributed by atoms with Crippen molar-refractivity contribution < 1.29 is 14.2 Å². The maximum absolute atomic E-state index is 6.05. The molecule has 1 fully saturated rings. The third-order valence-corrected chi connectivity index (χ3v) is 4.14. The monoisotopic (exact) mass is 308 g/mol. The standard InChI is InChI=1S/C17H28N2O3/c1-20-14(11-13-7-3-6-10-17(18)19-13)12-22-16-9-5-4-8-15(16)21-2/h4-5,8-9,13-14,17,19H,3,6-7,10-12,18H2,1-2H3. The van der Waals surface area contributed by atoms with Crippen molar-refractivity contribution in [1.29, 1.82) is 0 Å². The van der Waals surface area contributed by atoms with Crippen LogP contribution in [-0.2, 0) is 4.74 Å². The van der Waals surface area contributed by atoms with Gasteiger partial charge in [0.15, 0.2) is 11.5 Å². The Morgan fingerprint density at radius 3 is 2.64 bits per heavy atom. The van der Waals surface area contributed by atoms with Crippen LogP contribution in [0.15, 0.2) is 24.3 Å². The lowest BCUT2D eigenvalue weighted by Gasteiger charge is -2.24. The van der Waals surface area contributed by atoms with E-state index < -0.39 is 0 Å². The predicted octanol–water partition coefficient (Wildman–Crippen LogP) is 2.30. The van der Waals surface area contributed by atoms with E-state index in [1.807, 2.05) is 24.3 Å². The summed E-state index contributed by atoms with van der Waals surface area (Å²) in [7, 11) is 3.37. The van der Waals surface area contributed by atoms with E-state index in [1.54, 1.807) is 14.2 Å². The molecule has 3 atom stereocenters. The van der Waals surface area contributed by atoms with Gasteiger partial charge in [-0.1, -0.05) is 25.0 Å². The highest BCUT2D eigenvalue weighted by Crippen LogP contribution is 2.26. The van der Waals surface area contributed by atoms with Gasteiger partial charge in [-0.25, -0.2) is 0 Å². The van der Waals surface area contributed by atoms with E-state index in [1.165, 1.54) is 12.8 Å². The number of ether oxygens (including phenoxy) is 3. The normalized spacial score (nSPS) is 23.6. The highest BCUT2D eigenvalue weighted by molar-refractivity contribution is 5.39. The van der Waals surface area contributed by atoms with Gasteiger partial charge in [0.25, 0.3) is 0 Å². The second-order valence-corrected chi connectivity index (χ2v) is 5.81. The van der Waals surface area contributed by atoms with Gasteiger partial charge in [-0.15, -0.1) is 0 Å².